The van der Waals surface area contributed by atoms with Gasteiger partial charge < -0.3 is 14.6 Å². The Bertz CT molecular complexity index is 1230. The summed E-state index contributed by atoms with van der Waals surface area (Å²) < 4.78 is 39.2. The lowest BCUT2D eigenvalue weighted by atomic mass is 10.1. The van der Waals surface area contributed by atoms with Crippen molar-refractivity contribution in [1.29, 1.82) is 0 Å². The minimum absolute atomic E-state index is 0.0767. The SMILES string of the molecule is CCOCc1nc(O)c(S(=O)(=O)c2ccc(Br)cc2)c(=O)n1[C@@H](COC)c1ccccc1. The van der Waals surface area contributed by atoms with Crippen molar-refractivity contribution >= 4 is 25.8 Å². The lowest BCUT2D eigenvalue weighted by molar-refractivity contribution is 0.116. The zero-order valence-electron chi connectivity index (χ0n) is 17.6. The Balaban J connectivity index is 2.30. The average molecular weight is 523 g/mol. The third kappa shape index (κ3) is 4.93. The lowest BCUT2D eigenvalue weighted by Gasteiger charge is -2.23. The van der Waals surface area contributed by atoms with E-state index in [0.29, 0.717) is 16.6 Å². The topological polar surface area (TPSA) is 108 Å². The first-order chi connectivity index (χ1) is 15.3. The van der Waals surface area contributed by atoms with Gasteiger partial charge in [-0.1, -0.05) is 46.3 Å². The summed E-state index contributed by atoms with van der Waals surface area (Å²) in [6.45, 7) is 2.10. The molecule has 0 radical (unpaired) electrons. The molecule has 3 aromatic rings. The fourth-order valence-electron chi connectivity index (χ4n) is 3.29. The Labute approximate surface area is 194 Å². The Kier molecular flexibility index (Phi) is 7.83. The van der Waals surface area contributed by atoms with Crippen molar-refractivity contribution in [2.45, 2.75) is 29.4 Å². The van der Waals surface area contributed by atoms with Crippen LogP contribution in [0.25, 0.3) is 0 Å². The van der Waals surface area contributed by atoms with Crippen molar-refractivity contribution in [3.05, 3.63) is 80.8 Å². The average Bonchev–Trinajstić information content (AvgIpc) is 2.77. The number of ether oxygens (including phenoxy) is 2. The van der Waals surface area contributed by atoms with Gasteiger partial charge in [-0.15, -0.1) is 0 Å². The van der Waals surface area contributed by atoms with Crippen LogP contribution in [-0.2, 0) is 25.9 Å². The molecule has 1 atom stereocenters. The summed E-state index contributed by atoms with van der Waals surface area (Å²) in [5, 5.41) is 10.5. The predicted molar refractivity (Wildman–Crippen MR) is 122 cm³/mol. The predicted octanol–water partition coefficient (Wildman–Crippen LogP) is 3.32. The molecule has 10 heteroatoms. The number of methoxy groups -OCH3 is 1. The molecule has 8 nitrogen and oxygen atoms in total. The molecule has 2 aromatic carbocycles. The molecule has 0 aliphatic carbocycles. The van der Waals surface area contributed by atoms with E-state index >= 15 is 0 Å². The van der Waals surface area contributed by atoms with Gasteiger partial charge in [0.2, 0.25) is 15.7 Å². The summed E-state index contributed by atoms with van der Waals surface area (Å²) >= 11 is 3.25. The van der Waals surface area contributed by atoms with Gasteiger partial charge in [0.1, 0.15) is 12.4 Å². The molecule has 1 heterocycles. The van der Waals surface area contributed by atoms with E-state index in [9.17, 15) is 18.3 Å². The molecule has 1 aromatic heterocycles. The Morgan fingerprint density at radius 2 is 1.78 bits per heavy atom. The molecule has 32 heavy (non-hydrogen) atoms. The van der Waals surface area contributed by atoms with Crippen LogP contribution in [0.3, 0.4) is 0 Å². The summed E-state index contributed by atoms with van der Waals surface area (Å²) in [6.07, 6.45) is 0. The first-order valence-electron chi connectivity index (χ1n) is 9.77. The highest BCUT2D eigenvalue weighted by Crippen LogP contribution is 2.28. The summed E-state index contributed by atoms with van der Waals surface area (Å²) in [6, 6.07) is 14.1. The van der Waals surface area contributed by atoms with Gasteiger partial charge in [0.15, 0.2) is 4.90 Å². The van der Waals surface area contributed by atoms with Crippen LogP contribution >= 0.6 is 15.9 Å². The normalized spacial score (nSPS) is 12.6. The number of rotatable bonds is 9. The lowest BCUT2D eigenvalue weighted by Crippen LogP contribution is -2.35. The number of hydrogen-bond donors (Lipinski definition) is 1. The number of sulfone groups is 1. The van der Waals surface area contributed by atoms with E-state index < -0.39 is 32.2 Å². The van der Waals surface area contributed by atoms with E-state index in [0.717, 1.165) is 0 Å². The standard InChI is InChI=1S/C22H23BrN2O6S/c1-3-31-14-19-24-21(26)20(32(28,29)17-11-9-16(23)10-12-17)22(27)25(19)18(13-30-2)15-7-5-4-6-8-15/h4-12,18,26H,3,13-14H2,1-2H3/t18-/m0/s1. The van der Waals surface area contributed by atoms with Crippen LogP contribution < -0.4 is 5.56 Å². The fourth-order valence-corrected chi connectivity index (χ4v) is 4.89. The Hall–Kier alpha value is -2.53. The van der Waals surface area contributed by atoms with E-state index in [1.165, 1.54) is 35.9 Å². The molecule has 170 valence electrons. The fraction of sp³-hybridized carbons (Fsp3) is 0.273. The van der Waals surface area contributed by atoms with E-state index in [-0.39, 0.29) is 23.9 Å². The van der Waals surface area contributed by atoms with Gasteiger partial charge in [0.25, 0.3) is 5.56 Å². The third-order valence-corrected chi connectivity index (χ3v) is 7.09. The van der Waals surface area contributed by atoms with E-state index in [1.807, 2.05) is 6.07 Å². The molecule has 0 spiro atoms. The van der Waals surface area contributed by atoms with Crippen LogP contribution in [-0.4, -0.2) is 43.4 Å². The van der Waals surface area contributed by atoms with E-state index in [1.54, 1.807) is 31.2 Å². The molecule has 1 N–H and O–H groups in total. The largest absolute Gasteiger partial charge is 0.492 e. The number of hydrogen-bond acceptors (Lipinski definition) is 7. The molecule has 0 unspecified atom stereocenters. The quantitative estimate of drug-likeness (QED) is 0.459. The summed E-state index contributed by atoms with van der Waals surface area (Å²) in [4.78, 5) is 16.7. The molecule has 0 saturated carbocycles. The molecule has 0 saturated heterocycles. The van der Waals surface area contributed by atoms with Crippen molar-refractivity contribution in [2.75, 3.05) is 20.3 Å². The highest BCUT2D eigenvalue weighted by atomic mass is 79.9. The third-order valence-electron chi connectivity index (χ3n) is 4.78. The summed E-state index contributed by atoms with van der Waals surface area (Å²) in [5.41, 5.74) is -0.185. The zero-order chi connectivity index (χ0) is 23.3. The zero-order valence-corrected chi connectivity index (χ0v) is 20.0. The number of halogens is 1. The molecule has 0 amide bonds. The number of nitrogens with zero attached hydrogens (tertiary/aromatic N) is 2. The second kappa shape index (κ2) is 10.4. The van der Waals surface area contributed by atoms with Crippen LogP contribution in [0.4, 0.5) is 0 Å². The van der Waals surface area contributed by atoms with Crippen LogP contribution in [0.1, 0.15) is 24.4 Å². The monoisotopic (exact) mass is 522 g/mol. The summed E-state index contributed by atoms with van der Waals surface area (Å²) in [7, 11) is -2.87. The number of aromatic hydroxyl groups is 1. The van der Waals surface area contributed by atoms with Gasteiger partial charge in [0.05, 0.1) is 17.5 Å². The van der Waals surface area contributed by atoms with Crippen LogP contribution in [0.2, 0.25) is 0 Å². The van der Waals surface area contributed by atoms with Crippen molar-refractivity contribution < 1.29 is 23.0 Å². The molecular weight excluding hydrogens is 500 g/mol. The molecule has 0 aliphatic rings. The Morgan fingerprint density at radius 1 is 1.12 bits per heavy atom. The van der Waals surface area contributed by atoms with Gasteiger partial charge in [0, 0.05) is 18.2 Å². The maximum absolute atomic E-state index is 13.6. The van der Waals surface area contributed by atoms with Crippen LogP contribution in [0, 0.1) is 0 Å². The molecule has 0 aliphatic heterocycles. The minimum atomic E-state index is -4.36. The van der Waals surface area contributed by atoms with Crippen molar-refractivity contribution in [3.63, 3.8) is 0 Å². The van der Waals surface area contributed by atoms with Gasteiger partial charge in [-0.25, -0.2) is 8.42 Å². The Morgan fingerprint density at radius 3 is 2.38 bits per heavy atom. The van der Waals surface area contributed by atoms with Gasteiger partial charge in [-0.2, -0.15) is 4.98 Å². The maximum atomic E-state index is 13.6. The van der Waals surface area contributed by atoms with Crippen LogP contribution in [0.5, 0.6) is 5.88 Å². The second-order valence-corrected chi connectivity index (χ2v) is 9.63. The van der Waals surface area contributed by atoms with Gasteiger partial charge in [-0.05, 0) is 36.8 Å². The smallest absolute Gasteiger partial charge is 0.277 e. The number of aromatic nitrogens is 2. The first kappa shape index (κ1) is 24.1. The second-order valence-electron chi connectivity index (χ2n) is 6.83. The molecule has 0 bridgehead atoms. The van der Waals surface area contributed by atoms with Gasteiger partial charge >= 0.3 is 0 Å². The van der Waals surface area contributed by atoms with Crippen molar-refractivity contribution in [1.82, 2.24) is 9.55 Å². The van der Waals surface area contributed by atoms with Crippen LogP contribution in [0.15, 0.2) is 73.7 Å². The van der Waals surface area contributed by atoms with Crippen molar-refractivity contribution in [2.24, 2.45) is 0 Å². The highest BCUT2D eigenvalue weighted by molar-refractivity contribution is 9.10. The molecule has 0 fully saturated rings. The molecule has 3 rings (SSSR count). The molecular formula is C22H23BrN2O6S. The van der Waals surface area contributed by atoms with E-state index in [2.05, 4.69) is 20.9 Å². The highest BCUT2D eigenvalue weighted by Gasteiger charge is 2.32. The van der Waals surface area contributed by atoms with Crippen molar-refractivity contribution in [3.8, 4) is 5.88 Å². The minimum Gasteiger partial charge on any atom is -0.492 e. The van der Waals surface area contributed by atoms with E-state index in [4.69, 9.17) is 9.47 Å². The number of benzene rings is 2. The maximum Gasteiger partial charge on any atom is 0.277 e. The van der Waals surface area contributed by atoms with Gasteiger partial charge in [-0.3, -0.25) is 9.36 Å². The summed E-state index contributed by atoms with van der Waals surface area (Å²) in [5.74, 6) is -0.775. The first-order valence-corrected chi connectivity index (χ1v) is 12.1.